The maximum atomic E-state index is 4.54. The van der Waals surface area contributed by atoms with Gasteiger partial charge in [-0.2, -0.15) is 0 Å². The van der Waals surface area contributed by atoms with E-state index in [9.17, 15) is 0 Å². The Kier molecular flexibility index (Phi) is 1.66. The minimum atomic E-state index is 0.616. The number of nitrogens with one attached hydrogen (secondary N) is 1. The van der Waals surface area contributed by atoms with E-state index in [4.69, 9.17) is 0 Å². The maximum Gasteiger partial charge on any atom is 0.150 e. The zero-order chi connectivity index (χ0) is 9.54. The average molecular weight is 189 g/mol. The molecule has 1 fully saturated rings. The van der Waals surface area contributed by atoms with Gasteiger partial charge in [0.15, 0.2) is 0 Å². The molecule has 1 aromatic rings. The zero-order valence-corrected chi connectivity index (χ0v) is 8.45. The summed E-state index contributed by atoms with van der Waals surface area (Å²) in [5, 5.41) is 3.52. The van der Waals surface area contributed by atoms with E-state index in [2.05, 4.69) is 27.3 Å². The van der Waals surface area contributed by atoms with Crippen molar-refractivity contribution in [2.75, 3.05) is 23.3 Å². The second-order valence-electron chi connectivity index (χ2n) is 4.25. The molecule has 0 aromatic carbocycles. The molecule has 3 nitrogen and oxygen atoms in total. The number of anilines is 2. The highest BCUT2D eigenvalue weighted by atomic mass is 15.2. The topological polar surface area (TPSA) is 28.2 Å². The first-order valence-electron chi connectivity index (χ1n) is 5.32. The summed E-state index contributed by atoms with van der Waals surface area (Å²) >= 11 is 0. The molecular formula is C11H15N3. The van der Waals surface area contributed by atoms with Crippen LogP contribution < -0.4 is 10.2 Å². The Morgan fingerprint density at radius 2 is 2.43 bits per heavy atom. The van der Waals surface area contributed by atoms with Crippen LogP contribution in [0.15, 0.2) is 12.1 Å². The van der Waals surface area contributed by atoms with Gasteiger partial charge >= 0.3 is 0 Å². The van der Waals surface area contributed by atoms with Crippen molar-refractivity contribution in [1.29, 1.82) is 0 Å². The molecule has 1 N–H and O–H groups in total. The van der Waals surface area contributed by atoms with Crippen LogP contribution in [0.3, 0.4) is 0 Å². The van der Waals surface area contributed by atoms with Crippen LogP contribution in [0.2, 0.25) is 0 Å². The largest absolute Gasteiger partial charge is 0.366 e. The van der Waals surface area contributed by atoms with Crippen LogP contribution in [0.4, 0.5) is 11.5 Å². The van der Waals surface area contributed by atoms with Crippen LogP contribution in [0.1, 0.15) is 18.5 Å². The Hall–Kier alpha value is -1.25. The normalized spacial score (nSPS) is 24.1. The van der Waals surface area contributed by atoms with Crippen molar-refractivity contribution in [2.45, 2.75) is 25.8 Å². The fourth-order valence-corrected chi connectivity index (χ4v) is 2.42. The van der Waals surface area contributed by atoms with Crippen LogP contribution in [0.25, 0.3) is 0 Å². The lowest BCUT2D eigenvalue weighted by atomic mass is 10.0. The van der Waals surface area contributed by atoms with Gasteiger partial charge in [0.05, 0.1) is 5.69 Å². The maximum absolute atomic E-state index is 4.54. The van der Waals surface area contributed by atoms with Crippen molar-refractivity contribution >= 4 is 11.5 Å². The molecule has 2 aliphatic rings. The standard InChI is InChI=1S/C11H15N3/c1-8-4-5-10-11(12-8)13-9-3-2-6-14(10)7-9/h4-5,9H,2-3,6-7H2,1H3,(H,12,13)/t9-/m0/s1. The molecule has 2 aliphatic heterocycles. The van der Waals surface area contributed by atoms with E-state index in [-0.39, 0.29) is 0 Å². The quantitative estimate of drug-likeness (QED) is 0.674. The Morgan fingerprint density at radius 3 is 3.36 bits per heavy atom. The van der Waals surface area contributed by atoms with E-state index in [0.29, 0.717) is 6.04 Å². The summed E-state index contributed by atoms with van der Waals surface area (Å²) in [5.41, 5.74) is 2.38. The summed E-state index contributed by atoms with van der Waals surface area (Å²) < 4.78 is 0. The number of fused-ring (bicyclic) bond motifs is 4. The van der Waals surface area contributed by atoms with E-state index in [1.54, 1.807) is 0 Å². The highest BCUT2D eigenvalue weighted by Crippen LogP contribution is 2.32. The zero-order valence-electron chi connectivity index (χ0n) is 8.45. The number of aromatic nitrogens is 1. The molecule has 0 saturated carbocycles. The van der Waals surface area contributed by atoms with Gasteiger partial charge in [-0.3, -0.25) is 0 Å². The van der Waals surface area contributed by atoms with Gasteiger partial charge in [0.1, 0.15) is 5.82 Å². The molecule has 74 valence electrons. The minimum Gasteiger partial charge on any atom is -0.366 e. The highest BCUT2D eigenvalue weighted by Gasteiger charge is 2.27. The lowest BCUT2D eigenvalue weighted by Crippen LogP contribution is -2.46. The van der Waals surface area contributed by atoms with Crippen LogP contribution >= 0.6 is 0 Å². The molecule has 0 spiro atoms. The van der Waals surface area contributed by atoms with Crippen LogP contribution in [-0.4, -0.2) is 24.1 Å². The minimum absolute atomic E-state index is 0.616. The Morgan fingerprint density at radius 1 is 1.50 bits per heavy atom. The second kappa shape index (κ2) is 2.87. The van der Waals surface area contributed by atoms with Crippen molar-refractivity contribution in [3.63, 3.8) is 0 Å². The average Bonchev–Trinajstić information content (AvgIpc) is 2.17. The molecule has 0 aliphatic carbocycles. The third-order valence-corrected chi connectivity index (χ3v) is 3.12. The summed E-state index contributed by atoms with van der Waals surface area (Å²) in [6, 6.07) is 4.90. The smallest absolute Gasteiger partial charge is 0.150 e. The summed E-state index contributed by atoms with van der Waals surface area (Å²) in [5.74, 6) is 1.08. The molecule has 0 amide bonds. The summed E-state index contributed by atoms with van der Waals surface area (Å²) in [6.45, 7) is 4.38. The first-order valence-corrected chi connectivity index (χ1v) is 5.32. The van der Waals surface area contributed by atoms with E-state index in [0.717, 1.165) is 18.1 Å². The lowest BCUT2D eigenvalue weighted by molar-refractivity contribution is 0.515. The Bertz CT molecular complexity index is 362. The van der Waals surface area contributed by atoms with Crippen LogP contribution in [0, 0.1) is 6.92 Å². The molecule has 3 rings (SSSR count). The predicted octanol–water partition coefficient (Wildman–Crippen LogP) is 1.78. The first kappa shape index (κ1) is 8.09. The van der Waals surface area contributed by atoms with Crippen molar-refractivity contribution in [2.24, 2.45) is 0 Å². The molecule has 14 heavy (non-hydrogen) atoms. The first-order chi connectivity index (χ1) is 6.83. The van der Waals surface area contributed by atoms with Gasteiger partial charge in [0, 0.05) is 24.8 Å². The van der Waals surface area contributed by atoms with E-state index >= 15 is 0 Å². The van der Waals surface area contributed by atoms with Gasteiger partial charge < -0.3 is 10.2 Å². The van der Waals surface area contributed by atoms with Gasteiger partial charge in [-0.25, -0.2) is 4.98 Å². The van der Waals surface area contributed by atoms with Crippen molar-refractivity contribution in [1.82, 2.24) is 4.98 Å². The van der Waals surface area contributed by atoms with Gasteiger partial charge in [-0.15, -0.1) is 0 Å². The summed E-state index contributed by atoms with van der Waals surface area (Å²) in [7, 11) is 0. The number of rotatable bonds is 0. The second-order valence-corrected chi connectivity index (χ2v) is 4.25. The molecule has 3 heteroatoms. The third kappa shape index (κ3) is 1.15. The molecule has 1 atom stereocenters. The number of hydrogen-bond donors (Lipinski definition) is 1. The Balaban J connectivity index is 2.06. The van der Waals surface area contributed by atoms with Crippen molar-refractivity contribution in [3.8, 4) is 0 Å². The third-order valence-electron chi connectivity index (χ3n) is 3.12. The van der Waals surface area contributed by atoms with Gasteiger partial charge in [-0.05, 0) is 31.9 Å². The number of hydrogen-bond acceptors (Lipinski definition) is 3. The number of aryl methyl sites for hydroxylation is 1. The van der Waals surface area contributed by atoms with Crippen molar-refractivity contribution in [3.05, 3.63) is 17.8 Å². The number of nitrogens with zero attached hydrogens (tertiary/aromatic N) is 2. The van der Waals surface area contributed by atoms with Crippen LogP contribution in [0.5, 0.6) is 0 Å². The molecule has 1 saturated heterocycles. The summed E-state index contributed by atoms with van der Waals surface area (Å²) in [6.07, 6.45) is 2.58. The summed E-state index contributed by atoms with van der Waals surface area (Å²) in [4.78, 5) is 6.99. The molecule has 0 unspecified atom stereocenters. The van der Waals surface area contributed by atoms with Gasteiger partial charge in [0.25, 0.3) is 0 Å². The van der Waals surface area contributed by atoms with Gasteiger partial charge in [0.2, 0.25) is 0 Å². The molecule has 3 heterocycles. The SMILES string of the molecule is Cc1ccc2c(n1)N[C@H]1CCCN2C1. The monoisotopic (exact) mass is 189 g/mol. The Labute approximate surface area is 84.1 Å². The molecule has 2 bridgehead atoms. The predicted molar refractivity (Wildman–Crippen MR) is 57.8 cm³/mol. The van der Waals surface area contributed by atoms with Gasteiger partial charge in [-0.1, -0.05) is 0 Å². The number of pyridine rings is 1. The number of piperidine rings is 1. The highest BCUT2D eigenvalue weighted by molar-refractivity contribution is 5.69. The molecular weight excluding hydrogens is 174 g/mol. The fraction of sp³-hybridized carbons (Fsp3) is 0.545. The van der Waals surface area contributed by atoms with E-state index in [1.807, 2.05) is 6.92 Å². The van der Waals surface area contributed by atoms with E-state index < -0.39 is 0 Å². The molecule has 1 aromatic heterocycles. The van der Waals surface area contributed by atoms with Crippen LogP contribution in [-0.2, 0) is 0 Å². The lowest BCUT2D eigenvalue weighted by Gasteiger charge is -2.40. The molecule has 0 radical (unpaired) electrons. The van der Waals surface area contributed by atoms with E-state index in [1.165, 1.54) is 25.1 Å². The van der Waals surface area contributed by atoms with Crippen molar-refractivity contribution < 1.29 is 0 Å². The fourth-order valence-electron chi connectivity index (χ4n) is 2.42.